The van der Waals surface area contributed by atoms with Gasteiger partial charge in [-0.1, -0.05) is 6.07 Å². The van der Waals surface area contributed by atoms with Gasteiger partial charge in [0.05, 0.1) is 10.6 Å². The summed E-state index contributed by atoms with van der Waals surface area (Å²) in [4.78, 5) is 16.0. The number of amides is 1. The van der Waals surface area contributed by atoms with Crippen LogP contribution < -0.4 is 14.8 Å². The lowest BCUT2D eigenvalue weighted by atomic mass is 10.3. The number of benzene rings is 2. The van der Waals surface area contributed by atoms with Crippen LogP contribution in [0.15, 0.2) is 71.8 Å². The molecule has 3 rings (SSSR count). The second kappa shape index (κ2) is 8.70. The standard InChI is InChI=1S/C20H17FN2O5S/c1-29(25,26)16-9-10-17(21)18(12-16)23-19(24)13-27-14-5-7-15(8-6-14)28-20-4-2-3-11-22-20/h2-12H,13H2,1H3,(H,23,24). The van der Waals surface area contributed by atoms with Crippen molar-refractivity contribution in [3.63, 3.8) is 0 Å². The largest absolute Gasteiger partial charge is 0.484 e. The molecule has 1 heterocycles. The Morgan fingerprint density at radius 2 is 1.79 bits per heavy atom. The first-order valence-electron chi connectivity index (χ1n) is 8.42. The van der Waals surface area contributed by atoms with Crippen LogP contribution in [0, 0.1) is 5.82 Å². The van der Waals surface area contributed by atoms with E-state index in [0.29, 0.717) is 17.4 Å². The number of pyridine rings is 1. The average Bonchev–Trinajstić information content (AvgIpc) is 2.69. The number of hydrogen-bond donors (Lipinski definition) is 1. The van der Waals surface area contributed by atoms with Crippen LogP contribution in [0.1, 0.15) is 0 Å². The molecule has 0 atom stereocenters. The number of halogens is 1. The summed E-state index contributed by atoms with van der Waals surface area (Å²) >= 11 is 0. The number of rotatable bonds is 7. The molecule has 150 valence electrons. The third-order valence-electron chi connectivity index (χ3n) is 3.69. The van der Waals surface area contributed by atoms with E-state index < -0.39 is 21.6 Å². The van der Waals surface area contributed by atoms with Crippen LogP contribution >= 0.6 is 0 Å². The molecule has 0 saturated heterocycles. The number of sulfone groups is 1. The number of nitrogens with one attached hydrogen (secondary N) is 1. The summed E-state index contributed by atoms with van der Waals surface area (Å²) in [6.45, 7) is -0.386. The highest BCUT2D eigenvalue weighted by molar-refractivity contribution is 7.90. The normalized spacial score (nSPS) is 11.0. The molecule has 1 amide bonds. The smallest absolute Gasteiger partial charge is 0.262 e. The third kappa shape index (κ3) is 5.76. The van der Waals surface area contributed by atoms with Gasteiger partial charge in [0, 0.05) is 18.5 Å². The van der Waals surface area contributed by atoms with Crippen molar-refractivity contribution < 1.29 is 27.1 Å². The highest BCUT2D eigenvalue weighted by Crippen LogP contribution is 2.23. The molecule has 1 aromatic heterocycles. The highest BCUT2D eigenvalue weighted by Gasteiger charge is 2.13. The fourth-order valence-electron chi connectivity index (χ4n) is 2.30. The molecule has 0 radical (unpaired) electrons. The van der Waals surface area contributed by atoms with Gasteiger partial charge in [-0.2, -0.15) is 0 Å². The molecule has 0 aliphatic carbocycles. The van der Waals surface area contributed by atoms with E-state index in [2.05, 4.69) is 10.3 Å². The van der Waals surface area contributed by atoms with Gasteiger partial charge in [-0.25, -0.2) is 17.8 Å². The quantitative estimate of drug-likeness (QED) is 0.593. The van der Waals surface area contributed by atoms with Gasteiger partial charge in [-0.15, -0.1) is 0 Å². The van der Waals surface area contributed by atoms with Crippen LogP contribution in [0.5, 0.6) is 17.4 Å². The minimum Gasteiger partial charge on any atom is -0.484 e. The van der Waals surface area contributed by atoms with Crippen molar-refractivity contribution in [3.05, 3.63) is 72.7 Å². The van der Waals surface area contributed by atoms with Crippen LogP contribution in [-0.2, 0) is 14.6 Å². The first-order chi connectivity index (χ1) is 13.8. The van der Waals surface area contributed by atoms with Crippen molar-refractivity contribution in [2.75, 3.05) is 18.2 Å². The second-order valence-electron chi connectivity index (χ2n) is 5.99. The van der Waals surface area contributed by atoms with Gasteiger partial charge in [0.2, 0.25) is 5.88 Å². The zero-order chi connectivity index (χ0) is 20.9. The van der Waals surface area contributed by atoms with E-state index in [4.69, 9.17) is 9.47 Å². The van der Waals surface area contributed by atoms with Crippen LogP contribution in [0.25, 0.3) is 0 Å². The van der Waals surface area contributed by atoms with Gasteiger partial charge >= 0.3 is 0 Å². The minimum atomic E-state index is -3.53. The molecule has 0 saturated carbocycles. The van der Waals surface area contributed by atoms with Crippen molar-refractivity contribution >= 4 is 21.4 Å². The molecule has 7 nitrogen and oxygen atoms in total. The molecule has 0 unspecified atom stereocenters. The lowest BCUT2D eigenvalue weighted by Gasteiger charge is -2.10. The number of anilines is 1. The SMILES string of the molecule is CS(=O)(=O)c1ccc(F)c(NC(=O)COc2ccc(Oc3ccccn3)cc2)c1. The van der Waals surface area contributed by atoms with E-state index in [1.165, 1.54) is 0 Å². The molecular formula is C20H17FN2O5S. The minimum absolute atomic E-state index is 0.0985. The van der Waals surface area contributed by atoms with E-state index in [1.807, 2.05) is 0 Å². The number of hydrogen-bond acceptors (Lipinski definition) is 6. The molecule has 0 aliphatic rings. The summed E-state index contributed by atoms with van der Waals surface area (Å²) in [6.07, 6.45) is 2.61. The summed E-state index contributed by atoms with van der Waals surface area (Å²) in [6, 6.07) is 15.0. The van der Waals surface area contributed by atoms with Gasteiger partial charge in [0.1, 0.15) is 17.3 Å². The van der Waals surface area contributed by atoms with Crippen LogP contribution in [-0.4, -0.2) is 32.2 Å². The molecular weight excluding hydrogens is 399 g/mol. The maximum atomic E-state index is 13.8. The molecule has 0 bridgehead atoms. The molecule has 0 spiro atoms. The Kier molecular flexibility index (Phi) is 6.08. The third-order valence-corrected chi connectivity index (χ3v) is 4.80. The molecule has 3 aromatic rings. The Hall–Kier alpha value is -3.46. The monoisotopic (exact) mass is 416 g/mol. The van der Waals surface area contributed by atoms with Crippen molar-refractivity contribution in [2.24, 2.45) is 0 Å². The fourth-order valence-corrected chi connectivity index (χ4v) is 2.95. The number of nitrogens with zero attached hydrogens (tertiary/aromatic N) is 1. The fraction of sp³-hybridized carbons (Fsp3) is 0.100. The molecule has 29 heavy (non-hydrogen) atoms. The summed E-state index contributed by atoms with van der Waals surface area (Å²) in [5.74, 6) is 0.00285. The van der Waals surface area contributed by atoms with Crippen molar-refractivity contribution in [2.45, 2.75) is 4.90 Å². The number of aromatic nitrogens is 1. The number of carbonyl (C=O) groups excluding carboxylic acids is 1. The zero-order valence-electron chi connectivity index (χ0n) is 15.3. The number of ether oxygens (including phenoxy) is 2. The van der Waals surface area contributed by atoms with E-state index in [9.17, 15) is 17.6 Å². The number of carbonyl (C=O) groups is 1. The van der Waals surface area contributed by atoms with Crippen LogP contribution in [0.2, 0.25) is 0 Å². The zero-order valence-corrected chi connectivity index (χ0v) is 16.1. The lowest BCUT2D eigenvalue weighted by molar-refractivity contribution is -0.118. The van der Waals surface area contributed by atoms with E-state index in [0.717, 1.165) is 24.5 Å². The van der Waals surface area contributed by atoms with Gasteiger partial charge in [0.15, 0.2) is 16.4 Å². The van der Waals surface area contributed by atoms with Crippen LogP contribution in [0.4, 0.5) is 10.1 Å². The summed E-state index contributed by atoms with van der Waals surface area (Å²) in [5.41, 5.74) is -0.236. The Bertz CT molecular complexity index is 1100. The molecule has 2 aromatic carbocycles. The van der Waals surface area contributed by atoms with Crippen molar-refractivity contribution in [1.29, 1.82) is 0 Å². The van der Waals surface area contributed by atoms with Gasteiger partial charge in [0.25, 0.3) is 5.91 Å². The maximum Gasteiger partial charge on any atom is 0.262 e. The highest BCUT2D eigenvalue weighted by atomic mass is 32.2. The lowest BCUT2D eigenvalue weighted by Crippen LogP contribution is -2.21. The predicted molar refractivity (Wildman–Crippen MR) is 104 cm³/mol. The van der Waals surface area contributed by atoms with Gasteiger partial charge in [-0.05, 0) is 48.5 Å². The second-order valence-corrected chi connectivity index (χ2v) is 8.01. The first-order valence-corrected chi connectivity index (χ1v) is 10.3. The van der Waals surface area contributed by atoms with E-state index in [1.54, 1.807) is 48.7 Å². The Balaban J connectivity index is 1.57. The summed E-state index contributed by atoms with van der Waals surface area (Å²) in [7, 11) is -3.53. The van der Waals surface area contributed by atoms with Gasteiger partial charge in [-0.3, -0.25) is 4.79 Å². The molecule has 0 aliphatic heterocycles. The summed E-state index contributed by atoms with van der Waals surface area (Å²) in [5, 5.41) is 2.30. The Morgan fingerprint density at radius 3 is 2.45 bits per heavy atom. The molecule has 0 fully saturated rings. The Labute approximate surface area is 167 Å². The van der Waals surface area contributed by atoms with Crippen molar-refractivity contribution in [3.8, 4) is 17.4 Å². The van der Waals surface area contributed by atoms with Gasteiger partial charge < -0.3 is 14.8 Å². The average molecular weight is 416 g/mol. The van der Waals surface area contributed by atoms with E-state index >= 15 is 0 Å². The molecule has 9 heteroatoms. The summed E-state index contributed by atoms with van der Waals surface area (Å²) < 4.78 is 47.9. The maximum absolute atomic E-state index is 13.8. The first kappa shape index (κ1) is 20.3. The van der Waals surface area contributed by atoms with Crippen LogP contribution in [0.3, 0.4) is 0 Å². The van der Waals surface area contributed by atoms with E-state index in [-0.39, 0.29) is 17.2 Å². The molecule has 1 N–H and O–H groups in total. The van der Waals surface area contributed by atoms with Crippen molar-refractivity contribution in [1.82, 2.24) is 4.98 Å². The Morgan fingerprint density at radius 1 is 1.07 bits per heavy atom. The predicted octanol–water partition coefficient (Wildman–Crippen LogP) is 3.43. The topological polar surface area (TPSA) is 94.6 Å².